The Morgan fingerprint density at radius 1 is 1.06 bits per heavy atom. The topological polar surface area (TPSA) is 46.2 Å². The fraction of sp³-hybridized carbons (Fsp3) is 0.429. The Hall–Kier alpha value is -1.16. The van der Waals surface area contributed by atoms with Gasteiger partial charge in [-0.3, -0.25) is 14.9 Å². The summed E-state index contributed by atoms with van der Waals surface area (Å²) in [5.41, 5.74) is 2.16. The zero-order valence-electron chi connectivity index (χ0n) is 10.7. The maximum absolute atomic E-state index is 11.7. The first-order valence-corrected chi connectivity index (χ1v) is 6.81. The van der Waals surface area contributed by atoms with Crippen LogP contribution >= 0.6 is 15.9 Å². The number of hydrogen-bond donors (Lipinski definition) is 1. The summed E-state index contributed by atoms with van der Waals surface area (Å²) < 4.78 is 0. The maximum atomic E-state index is 11.7. The van der Waals surface area contributed by atoms with E-state index in [4.69, 9.17) is 0 Å². The van der Waals surface area contributed by atoms with Crippen LogP contribution in [0.2, 0.25) is 0 Å². The first-order chi connectivity index (χ1) is 8.30. The highest BCUT2D eigenvalue weighted by atomic mass is 79.9. The van der Waals surface area contributed by atoms with Gasteiger partial charge < -0.3 is 0 Å². The van der Waals surface area contributed by atoms with Gasteiger partial charge in [-0.15, -0.1) is 0 Å². The lowest BCUT2D eigenvalue weighted by Gasteiger charge is -2.20. The van der Waals surface area contributed by atoms with Crippen molar-refractivity contribution in [3.8, 4) is 0 Å². The minimum atomic E-state index is -0.467. The number of benzene rings is 1. The summed E-state index contributed by atoms with van der Waals surface area (Å²) in [4.78, 5) is 22.7. The molecule has 1 aromatic carbocycles. The average Bonchev–Trinajstić information content (AvgIpc) is 2.52. The predicted octanol–water partition coefficient (Wildman–Crippen LogP) is 2.49. The summed E-state index contributed by atoms with van der Waals surface area (Å²) in [6.45, 7) is 6.42. The van der Waals surface area contributed by atoms with Gasteiger partial charge in [-0.1, -0.05) is 61.0 Å². The molecule has 0 radical (unpaired) electrons. The van der Waals surface area contributed by atoms with Gasteiger partial charge in [0.15, 0.2) is 0 Å². The summed E-state index contributed by atoms with van der Waals surface area (Å²) in [7, 11) is 0. The lowest BCUT2D eigenvalue weighted by Crippen LogP contribution is -2.22. The van der Waals surface area contributed by atoms with E-state index in [-0.39, 0.29) is 17.2 Å². The Morgan fingerprint density at radius 2 is 1.61 bits per heavy atom. The van der Waals surface area contributed by atoms with E-state index in [2.05, 4.69) is 42.0 Å². The molecule has 2 rings (SSSR count). The van der Waals surface area contributed by atoms with E-state index in [1.165, 1.54) is 5.56 Å². The number of amides is 2. The van der Waals surface area contributed by atoms with Crippen LogP contribution in [-0.4, -0.2) is 16.6 Å². The van der Waals surface area contributed by atoms with Crippen LogP contribution in [0, 0.1) is 0 Å². The molecule has 1 aromatic rings. The van der Waals surface area contributed by atoms with Crippen molar-refractivity contribution in [1.82, 2.24) is 5.32 Å². The molecule has 4 heteroatoms. The second kappa shape index (κ2) is 4.50. The summed E-state index contributed by atoms with van der Waals surface area (Å²) in [6.07, 6.45) is 0. The number of nitrogens with one attached hydrogen (secondary N) is 1. The van der Waals surface area contributed by atoms with Crippen molar-refractivity contribution in [2.45, 2.75) is 36.9 Å². The lowest BCUT2D eigenvalue weighted by atomic mass is 9.85. The van der Waals surface area contributed by atoms with Gasteiger partial charge in [0.1, 0.15) is 4.83 Å². The number of rotatable bonds is 1. The van der Waals surface area contributed by atoms with Crippen molar-refractivity contribution in [3.63, 3.8) is 0 Å². The first-order valence-electron chi connectivity index (χ1n) is 5.90. The molecule has 96 valence electrons. The molecule has 2 unspecified atom stereocenters. The second-order valence-electron chi connectivity index (χ2n) is 5.60. The zero-order valence-corrected chi connectivity index (χ0v) is 12.2. The molecule has 0 aliphatic carbocycles. The molecular formula is C14H16BrNO2. The molecular weight excluding hydrogens is 294 g/mol. The van der Waals surface area contributed by atoms with Crippen LogP contribution in [0.15, 0.2) is 24.3 Å². The van der Waals surface area contributed by atoms with Crippen molar-refractivity contribution in [2.24, 2.45) is 0 Å². The molecule has 0 aromatic heterocycles. The highest BCUT2D eigenvalue weighted by Gasteiger charge is 2.40. The van der Waals surface area contributed by atoms with Gasteiger partial charge >= 0.3 is 0 Å². The summed E-state index contributed by atoms with van der Waals surface area (Å²) in [5, 5.41) is 2.34. The van der Waals surface area contributed by atoms with Crippen molar-refractivity contribution >= 4 is 27.7 Å². The molecule has 1 aliphatic heterocycles. The summed E-state index contributed by atoms with van der Waals surface area (Å²) >= 11 is 3.27. The second-order valence-corrected chi connectivity index (χ2v) is 6.59. The minimum absolute atomic E-state index is 0.0834. The number of carbonyl (C=O) groups is 2. The fourth-order valence-electron chi connectivity index (χ4n) is 2.06. The number of alkyl halides is 1. The van der Waals surface area contributed by atoms with Gasteiger partial charge in [-0.05, 0) is 16.5 Å². The van der Waals surface area contributed by atoms with Gasteiger partial charge in [0.2, 0.25) is 11.8 Å². The van der Waals surface area contributed by atoms with Gasteiger partial charge in [-0.2, -0.15) is 0 Å². The van der Waals surface area contributed by atoms with Gasteiger partial charge in [-0.25, -0.2) is 0 Å². The van der Waals surface area contributed by atoms with Crippen molar-refractivity contribution in [1.29, 1.82) is 0 Å². The third-order valence-corrected chi connectivity index (χ3v) is 4.15. The van der Waals surface area contributed by atoms with E-state index in [9.17, 15) is 9.59 Å². The Morgan fingerprint density at radius 3 is 2.00 bits per heavy atom. The highest BCUT2D eigenvalue weighted by molar-refractivity contribution is 9.10. The van der Waals surface area contributed by atoms with Gasteiger partial charge in [0.25, 0.3) is 0 Å². The zero-order chi connectivity index (χ0) is 13.5. The monoisotopic (exact) mass is 309 g/mol. The standard InChI is InChI=1S/C14H16BrNO2/c1-14(2,3)9-6-4-8(5-7-9)10-11(15)13(18)16-12(10)17/h4-7,10-11H,1-3H3,(H,16,17,18). The van der Waals surface area contributed by atoms with Crippen LogP contribution in [0.5, 0.6) is 0 Å². The van der Waals surface area contributed by atoms with E-state index in [1.54, 1.807) is 0 Å². The molecule has 2 amide bonds. The van der Waals surface area contributed by atoms with Crippen LogP contribution in [0.4, 0.5) is 0 Å². The molecule has 0 saturated carbocycles. The van der Waals surface area contributed by atoms with E-state index in [0.717, 1.165) is 5.56 Å². The number of imide groups is 1. The van der Waals surface area contributed by atoms with E-state index in [1.807, 2.05) is 24.3 Å². The molecule has 0 spiro atoms. The average molecular weight is 310 g/mol. The maximum Gasteiger partial charge on any atom is 0.241 e. The van der Waals surface area contributed by atoms with Crippen molar-refractivity contribution < 1.29 is 9.59 Å². The molecule has 0 bridgehead atoms. The fourth-order valence-corrected chi connectivity index (χ4v) is 2.72. The van der Waals surface area contributed by atoms with Crippen LogP contribution in [0.1, 0.15) is 37.8 Å². The summed E-state index contributed by atoms with van der Waals surface area (Å²) in [5.74, 6) is -0.915. The smallest absolute Gasteiger partial charge is 0.241 e. The van der Waals surface area contributed by atoms with Crippen LogP contribution in [0.3, 0.4) is 0 Å². The van der Waals surface area contributed by atoms with Gasteiger partial charge in [0, 0.05) is 0 Å². The van der Waals surface area contributed by atoms with E-state index in [0.29, 0.717) is 0 Å². The molecule has 18 heavy (non-hydrogen) atoms. The Bertz CT molecular complexity index is 488. The minimum Gasteiger partial charge on any atom is -0.295 e. The Balaban J connectivity index is 2.30. The third kappa shape index (κ3) is 2.34. The first kappa shape index (κ1) is 13.3. The molecule has 1 saturated heterocycles. The number of hydrogen-bond acceptors (Lipinski definition) is 2. The normalized spacial score (nSPS) is 24.2. The highest BCUT2D eigenvalue weighted by Crippen LogP contribution is 2.31. The van der Waals surface area contributed by atoms with Crippen molar-refractivity contribution in [2.75, 3.05) is 0 Å². The Kier molecular flexibility index (Phi) is 3.32. The van der Waals surface area contributed by atoms with E-state index < -0.39 is 10.7 Å². The molecule has 3 nitrogen and oxygen atoms in total. The SMILES string of the molecule is CC(C)(C)c1ccc(C2C(=O)NC(=O)C2Br)cc1. The molecule has 2 atom stereocenters. The Labute approximate surface area is 115 Å². The summed E-state index contributed by atoms with van der Waals surface area (Å²) in [6, 6.07) is 7.89. The lowest BCUT2D eigenvalue weighted by molar-refractivity contribution is -0.125. The van der Waals surface area contributed by atoms with Crippen LogP contribution in [0.25, 0.3) is 0 Å². The van der Waals surface area contributed by atoms with Crippen LogP contribution in [-0.2, 0) is 15.0 Å². The molecule has 1 heterocycles. The van der Waals surface area contributed by atoms with Crippen LogP contribution < -0.4 is 5.32 Å². The third-order valence-electron chi connectivity index (χ3n) is 3.21. The van der Waals surface area contributed by atoms with Crippen molar-refractivity contribution in [3.05, 3.63) is 35.4 Å². The molecule has 1 N–H and O–H groups in total. The van der Waals surface area contributed by atoms with E-state index >= 15 is 0 Å². The predicted molar refractivity (Wildman–Crippen MR) is 73.7 cm³/mol. The largest absolute Gasteiger partial charge is 0.295 e. The van der Waals surface area contributed by atoms with Gasteiger partial charge in [0.05, 0.1) is 5.92 Å². The number of carbonyl (C=O) groups excluding carboxylic acids is 2. The molecule has 1 aliphatic rings. The number of halogens is 1. The molecule has 1 fully saturated rings. The quantitative estimate of drug-likeness (QED) is 0.640.